The highest BCUT2D eigenvalue weighted by Crippen LogP contribution is 2.30. The summed E-state index contributed by atoms with van der Waals surface area (Å²) < 4.78 is 10.4. The molecule has 0 fully saturated rings. The maximum atomic E-state index is 11.1. The minimum absolute atomic E-state index is 0.0432. The Hall–Kier alpha value is -1.96. The van der Waals surface area contributed by atoms with Gasteiger partial charge in [-0.15, -0.1) is 0 Å². The SMILES string of the molecule is CCCNc1ncnc(OCCOCC)c1[N+](=O)[O-]. The highest BCUT2D eigenvalue weighted by Gasteiger charge is 2.24. The van der Waals surface area contributed by atoms with Crippen LogP contribution in [0, 0.1) is 10.1 Å². The first-order valence-corrected chi connectivity index (χ1v) is 6.14. The average Bonchev–Trinajstić information content (AvgIpc) is 2.41. The largest absolute Gasteiger partial charge is 0.470 e. The fourth-order valence-corrected chi connectivity index (χ4v) is 1.35. The highest BCUT2D eigenvalue weighted by molar-refractivity contribution is 5.60. The van der Waals surface area contributed by atoms with E-state index in [1.807, 2.05) is 13.8 Å². The van der Waals surface area contributed by atoms with Crippen molar-refractivity contribution < 1.29 is 14.4 Å². The van der Waals surface area contributed by atoms with Gasteiger partial charge in [0.2, 0.25) is 5.82 Å². The maximum Gasteiger partial charge on any atom is 0.372 e. The summed E-state index contributed by atoms with van der Waals surface area (Å²) in [4.78, 5) is 18.2. The average molecular weight is 270 g/mol. The lowest BCUT2D eigenvalue weighted by molar-refractivity contribution is -0.385. The molecule has 0 bridgehead atoms. The van der Waals surface area contributed by atoms with Crippen LogP contribution in [-0.4, -0.2) is 41.3 Å². The van der Waals surface area contributed by atoms with E-state index in [0.717, 1.165) is 6.42 Å². The van der Waals surface area contributed by atoms with Crippen LogP contribution in [0.2, 0.25) is 0 Å². The topological polar surface area (TPSA) is 99.4 Å². The van der Waals surface area contributed by atoms with Gasteiger partial charge in [0.15, 0.2) is 0 Å². The van der Waals surface area contributed by atoms with Crippen molar-refractivity contribution in [1.29, 1.82) is 0 Å². The zero-order valence-corrected chi connectivity index (χ0v) is 11.1. The zero-order valence-electron chi connectivity index (χ0n) is 11.1. The molecule has 1 heterocycles. The van der Waals surface area contributed by atoms with Gasteiger partial charge in [0.1, 0.15) is 12.9 Å². The van der Waals surface area contributed by atoms with Crippen LogP contribution >= 0.6 is 0 Å². The monoisotopic (exact) mass is 270 g/mol. The lowest BCUT2D eigenvalue weighted by atomic mass is 10.4. The second kappa shape index (κ2) is 8.20. The van der Waals surface area contributed by atoms with E-state index in [0.29, 0.717) is 19.8 Å². The second-order valence-corrected chi connectivity index (χ2v) is 3.61. The predicted molar refractivity (Wildman–Crippen MR) is 69.5 cm³/mol. The molecular formula is C11H18N4O4. The van der Waals surface area contributed by atoms with Gasteiger partial charge in [0, 0.05) is 13.2 Å². The lowest BCUT2D eigenvalue weighted by Crippen LogP contribution is -2.11. The summed E-state index contributed by atoms with van der Waals surface area (Å²) >= 11 is 0. The first-order valence-electron chi connectivity index (χ1n) is 6.14. The number of hydrogen-bond acceptors (Lipinski definition) is 7. The lowest BCUT2D eigenvalue weighted by Gasteiger charge is -2.08. The van der Waals surface area contributed by atoms with Crippen molar-refractivity contribution >= 4 is 11.5 Å². The summed E-state index contributed by atoms with van der Waals surface area (Å²) in [6, 6.07) is 0. The fraction of sp³-hybridized carbons (Fsp3) is 0.636. The third-order valence-corrected chi connectivity index (χ3v) is 2.18. The van der Waals surface area contributed by atoms with E-state index in [2.05, 4.69) is 15.3 Å². The molecule has 0 aliphatic carbocycles. The van der Waals surface area contributed by atoms with Gasteiger partial charge in [-0.25, -0.2) is 4.98 Å². The molecule has 0 radical (unpaired) electrons. The van der Waals surface area contributed by atoms with E-state index < -0.39 is 4.92 Å². The number of nitro groups is 1. The van der Waals surface area contributed by atoms with Crippen LogP contribution in [-0.2, 0) is 4.74 Å². The second-order valence-electron chi connectivity index (χ2n) is 3.61. The van der Waals surface area contributed by atoms with Crippen LogP contribution in [0.15, 0.2) is 6.33 Å². The molecule has 0 amide bonds. The standard InChI is InChI=1S/C11H18N4O4/c1-3-5-12-10-9(15(16)17)11(14-8-13-10)19-7-6-18-4-2/h8H,3-7H2,1-2H3,(H,12,13,14). The summed E-state index contributed by atoms with van der Waals surface area (Å²) in [6.07, 6.45) is 2.07. The molecule has 0 atom stereocenters. The third kappa shape index (κ3) is 4.66. The van der Waals surface area contributed by atoms with Crippen molar-refractivity contribution in [3.05, 3.63) is 16.4 Å². The van der Waals surface area contributed by atoms with Crippen LogP contribution in [0.1, 0.15) is 20.3 Å². The molecule has 8 heteroatoms. The molecule has 0 aromatic carbocycles. The van der Waals surface area contributed by atoms with E-state index >= 15 is 0 Å². The van der Waals surface area contributed by atoms with Crippen molar-refractivity contribution in [2.45, 2.75) is 20.3 Å². The van der Waals surface area contributed by atoms with Crippen molar-refractivity contribution in [1.82, 2.24) is 9.97 Å². The van der Waals surface area contributed by atoms with Crippen molar-refractivity contribution in [2.75, 3.05) is 31.7 Å². The Morgan fingerprint density at radius 1 is 1.37 bits per heavy atom. The van der Waals surface area contributed by atoms with Gasteiger partial charge < -0.3 is 14.8 Å². The molecule has 1 aromatic heterocycles. The Morgan fingerprint density at radius 2 is 2.16 bits per heavy atom. The molecular weight excluding hydrogens is 252 g/mol. The quantitative estimate of drug-likeness (QED) is 0.413. The maximum absolute atomic E-state index is 11.1. The summed E-state index contributed by atoms with van der Waals surface area (Å²) in [5, 5.41) is 14.0. The summed E-state index contributed by atoms with van der Waals surface area (Å²) in [6.45, 7) is 5.54. The molecule has 106 valence electrons. The molecule has 0 spiro atoms. The highest BCUT2D eigenvalue weighted by atomic mass is 16.6. The molecule has 0 aliphatic heterocycles. The van der Waals surface area contributed by atoms with E-state index in [4.69, 9.17) is 9.47 Å². The molecule has 0 saturated carbocycles. The minimum atomic E-state index is -0.548. The number of aromatic nitrogens is 2. The summed E-state index contributed by atoms with van der Waals surface area (Å²) in [7, 11) is 0. The predicted octanol–water partition coefficient (Wildman–Crippen LogP) is 1.62. The number of nitrogens with one attached hydrogen (secondary N) is 1. The Balaban J connectivity index is 2.80. The van der Waals surface area contributed by atoms with Gasteiger partial charge in [-0.05, 0) is 13.3 Å². The number of ether oxygens (including phenoxy) is 2. The van der Waals surface area contributed by atoms with Crippen molar-refractivity contribution in [2.24, 2.45) is 0 Å². The third-order valence-electron chi connectivity index (χ3n) is 2.18. The number of anilines is 1. The van der Waals surface area contributed by atoms with Gasteiger partial charge in [0.05, 0.1) is 11.5 Å². The van der Waals surface area contributed by atoms with Gasteiger partial charge >= 0.3 is 5.69 Å². The first-order chi connectivity index (χ1) is 9.20. The van der Waals surface area contributed by atoms with E-state index in [9.17, 15) is 10.1 Å². The molecule has 0 saturated heterocycles. The Bertz CT molecular complexity index is 414. The van der Waals surface area contributed by atoms with E-state index in [1.165, 1.54) is 6.33 Å². The van der Waals surface area contributed by atoms with Gasteiger partial charge in [-0.1, -0.05) is 6.92 Å². The van der Waals surface area contributed by atoms with Gasteiger partial charge in [-0.2, -0.15) is 4.98 Å². The molecule has 1 N–H and O–H groups in total. The van der Waals surface area contributed by atoms with Gasteiger partial charge in [0.25, 0.3) is 5.88 Å². The van der Waals surface area contributed by atoms with Crippen LogP contribution in [0.5, 0.6) is 5.88 Å². The van der Waals surface area contributed by atoms with Crippen molar-refractivity contribution in [3.8, 4) is 5.88 Å². The van der Waals surface area contributed by atoms with Crippen LogP contribution < -0.4 is 10.1 Å². The molecule has 19 heavy (non-hydrogen) atoms. The smallest absolute Gasteiger partial charge is 0.372 e. The van der Waals surface area contributed by atoms with Crippen molar-refractivity contribution in [3.63, 3.8) is 0 Å². The first kappa shape index (κ1) is 15.1. The normalized spacial score (nSPS) is 10.2. The number of nitrogens with zero attached hydrogens (tertiary/aromatic N) is 3. The molecule has 1 aromatic rings. The minimum Gasteiger partial charge on any atom is -0.470 e. The fourth-order valence-electron chi connectivity index (χ4n) is 1.35. The van der Waals surface area contributed by atoms with Gasteiger partial charge in [-0.3, -0.25) is 10.1 Å². The van der Waals surface area contributed by atoms with E-state index in [1.54, 1.807) is 0 Å². The summed E-state index contributed by atoms with van der Waals surface area (Å²) in [5.41, 5.74) is -0.243. The number of hydrogen-bond donors (Lipinski definition) is 1. The summed E-state index contributed by atoms with van der Waals surface area (Å²) in [5.74, 6) is 0.131. The Kier molecular flexibility index (Phi) is 6.51. The van der Waals surface area contributed by atoms with E-state index in [-0.39, 0.29) is 24.0 Å². The van der Waals surface area contributed by atoms with Crippen LogP contribution in [0.25, 0.3) is 0 Å². The number of rotatable bonds is 9. The Morgan fingerprint density at radius 3 is 2.79 bits per heavy atom. The zero-order chi connectivity index (χ0) is 14.1. The van der Waals surface area contributed by atoms with Crippen LogP contribution in [0.4, 0.5) is 11.5 Å². The molecule has 0 unspecified atom stereocenters. The molecule has 1 rings (SSSR count). The molecule has 0 aliphatic rings. The Labute approximate surface area is 111 Å². The van der Waals surface area contributed by atoms with Crippen LogP contribution in [0.3, 0.4) is 0 Å². The molecule has 8 nitrogen and oxygen atoms in total.